The molecule has 0 saturated heterocycles. The van der Waals surface area contributed by atoms with Crippen LogP contribution in [0.25, 0.3) is 0 Å². The van der Waals surface area contributed by atoms with E-state index in [0.717, 1.165) is 25.5 Å². The monoisotopic (exact) mass is 265 g/mol. The Balaban J connectivity index is 2.30. The predicted octanol–water partition coefficient (Wildman–Crippen LogP) is 3.29. The molecule has 0 aliphatic rings. The zero-order valence-electron chi connectivity index (χ0n) is 11.1. The van der Waals surface area contributed by atoms with Crippen LogP contribution >= 0.6 is 0 Å². The summed E-state index contributed by atoms with van der Waals surface area (Å²) in [6, 6.07) is 2.76. The van der Waals surface area contributed by atoms with Crippen molar-refractivity contribution in [2.75, 3.05) is 5.32 Å². The van der Waals surface area contributed by atoms with Crippen molar-refractivity contribution in [3.63, 3.8) is 0 Å². The fraction of sp³-hybridized carbons (Fsp3) is 0.538. The summed E-state index contributed by atoms with van der Waals surface area (Å²) in [5, 5.41) is 13.1. The Morgan fingerprint density at radius 1 is 1.32 bits per heavy atom. The lowest BCUT2D eigenvalue weighted by Crippen LogP contribution is -2.12. The van der Waals surface area contributed by atoms with Crippen molar-refractivity contribution in [2.45, 2.75) is 45.4 Å². The van der Waals surface area contributed by atoms with Crippen LogP contribution in [0.1, 0.15) is 45.4 Å². The molecule has 0 saturated carbocycles. The molecule has 1 heterocycles. The molecule has 0 radical (unpaired) electrons. The minimum atomic E-state index is -0.521. The molecule has 0 aromatic carbocycles. The summed E-state index contributed by atoms with van der Waals surface area (Å²) in [6.45, 7) is 2.15. The van der Waals surface area contributed by atoms with Gasteiger partial charge in [0.1, 0.15) is 12.0 Å². The van der Waals surface area contributed by atoms with Gasteiger partial charge in [-0.25, -0.2) is 4.98 Å². The number of aromatic nitrogens is 1. The van der Waals surface area contributed by atoms with E-state index in [1.807, 2.05) is 0 Å². The maximum absolute atomic E-state index is 11.6. The van der Waals surface area contributed by atoms with E-state index in [4.69, 9.17) is 0 Å². The maximum Gasteiger partial charge on any atom is 0.287 e. The normalized spacial score (nSPS) is 10.2. The summed E-state index contributed by atoms with van der Waals surface area (Å²) in [6.07, 6.45) is 7.04. The van der Waals surface area contributed by atoms with Crippen molar-refractivity contribution >= 4 is 17.4 Å². The zero-order valence-corrected chi connectivity index (χ0v) is 11.1. The van der Waals surface area contributed by atoms with Crippen molar-refractivity contribution in [3.8, 4) is 0 Å². The fourth-order valence-corrected chi connectivity index (χ4v) is 1.66. The summed E-state index contributed by atoms with van der Waals surface area (Å²) in [4.78, 5) is 25.3. The second-order valence-electron chi connectivity index (χ2n) is 4.37. The molecular formula is C13H19N3O3. The van der Waals surface area contributed by atoms with Crippen molar-refractivity contribution in [2.24, 2.45) is 0 Å². The second kappa shape index (κ2) is 8.18. The molecular weight excluding hydrogens is 246 g/mol. The van der Waals surface area contributed by atoms with Crippen LogP contribution in [0.15, 0.2) is 18.3 Å². The number of anilines is 1. The third kappa shape index (κ3) is 5.94. The van der Waals surface area contributed by atoms with Crippen LogP contribution in [0.4, 0.5) is 11.5 Å². The lowest BCUT2D eigenvalue weighted by atomic mass is 10.1. The third-order valence-corrected chi connectivity index (χ3v) is 2.73. The van der Waals surface area contributed by atoms with Crippen LogP contribution in [0.2, 0.25) is 0 Å². The van der Waals surface area contributed by atoms with Gasteiger partial charge in [0, 0.05) is 12.5 Å². The number of rotatable bonds is 8. The highest BCUT2D eigenvalue weighted by atomic mass is 16.6. The highest BCUT2D eigenvalue weighted by Crippen LogP contribution is 2.12. The quantitative estimate of drug-likeness (QED) is 0.444. The van der Waals surface area contributed by atoms with Gasteiger partial charge >= 0.3 is 0 Å². The number of hydrogen-bond acceptors (Lipinski definition) is 4. The predicted molar refractivity (Wildman–Crippen MR) is 72.9 cm³/mol. The van der Waals surface area contributed by atoms with E-state index in [9.17, 15) is 14.9 Å². The van der Waals surface area contributed by atoms with E-state index >= 15 is 0 Å². The summed E-state index contributed by atoms with van der Waals surface area (Å²) in [5.41, 5.74) is -0.0856. The molecule has 1 aromatic heterocycles. The Kier molecular flexibility index (Phi) is 6.49. The Morgan fingerprint density at radius 2 is 2.05 bits per heavy atom. The van der Waals surface area contributed by atoms with E-state index in [1.54, 1.807) is 0 Å². The molecule has 0 fully saturated rings. The molecule has 6 nitrogen and oxygen atoms in total. The van der Waals surface area contributed by atoms with Gasteiger partial charge in [0.15, 0.2) is 0 Å². The Labute approximate surface area is 112 Å². The maximum atomic E-state index is 11.6. The van der Waals surface area contributed by atoms with Crippen molar-refractivity contribution < 1.29 is 9.72 Å². The SMILES string of the molecule is CCCCCCCC(=O)Nc1ccc([N+](=O)[O-])cn1. The van der Waals surface area contributed by atoms with Gasteiger partial charge in [-0.3, -0.25) is 14.9 Å². The third-order valence-electron chi connectivity index (χ3n) is 2.73. The molecule has 0 atom stereocenters. The Morgan fingerprint density at radius 3 is 2.63 bits per heavy atom. The smallest absolute Gasteiger partial charge is 0.287 e. The van der Waals surface area contributed by atoms with E-state index < -0.39 is 4.92 Å². The lowest BCUT2D eigenvalue weighted by Gasteiger charge is -2.03. The minimum Gasteiger partial charge on any atom is -0.311 e. The first-order valence-electron chi connectivity index (χ1n) is 6.53. The number of pyridine rings is 1. The van der Waals surface area contributed by atoms with Crippen LogP contribution in [-0.4, -0.2) is 15.8 Å². The van der Waals surface area contributed by atoms with Gasteiger partial charge in [-0.1, -0.05) is 32.6 Å². The summed E-state index contributed by atoms with van der Waals surface area (Å²) >= 11 is 0. The highest BCUT2D eigenvalue weighted by molar-refractivity contribution is 5.89. The van der Waals surface area contributed by atoms with Crippen LogP contribution in [0.5, 0.6) is 0 Å². The van der Waals surface area contributed by atoms with Gasteiger partial charge in [0.2, 0.25) is 5.91 Å². The van der Waals surface area contributed by atoms with Crippen molar-refractivity contribution in [1.82, 2.24) is 4.98 Å². The van der Waals surface area contributed by atoms with E-state index in [-0.39, 0.29) is 11.6 Å². The first kappa shape index (κ1) is 15.1. The van der Waals surface area contributed by atoms with Crippen LogP contribution < -0.4 is 5.32 Å². The van der Waals surface area contributed by atoms with E-state index in [2.05, 4.69) is 17.2 Å². The number of nitrogens with one attached hydrogen (secondary N) is 1. The van der Waals surface area contributed by atoms with Gasteiger partial charge in [-0.05, 0) is 12.5 Å². The van der Waals surface area contributed by atoms with Gasteiger partial charge in [-0.15, -0.1) is 0 Å². The lowest BCUT2D eigenvalue weighted by molar-refractivity contribution is -0.385. The average Bonchev–Trinajstić information content (AvgIpc) is 2.39. The van der Waals surface area contributed by atoms with E-state index in [1.165, 1.54) is 25.0 Å². The van der Waals surface area contributed by atoms with Crippen LogP contribution in [0.3, 0.4) is 0 Å². The number of nitrogens with zero attached hydrogens (tertiary/aromatic N) is 2. The largest absolute Gasteiger partial charge is 0.311 e. The number of hydrogen-bond donors (Lipinski definition) is 1. The molecule has 0 bridgehead atoms. The highest BCUT2D eigenvalue weighted by Gasteiger charge is 2.07. The number of carbonyl (C=O) groups is 1. The van der Waals surface area contributed by atoms with E-state index in [0.29, 0.717) is 12.2 Å². The van der Waals surface area contributed by atoms with Crippen LogP contribution in [-0.2, 0) is 4.79 Å². The van der Waals surface area contributed by atoms with Gasteiger partial charge < -0.3 is 5.32 Å². The molecule has 0 unspecified atom stereocenters. The van der Waals surface area contributed by atoms with Crippen LogP contribution in [0, 0.1) is 10.1 Å². The molecule has 1 N–H and O–H groups in total. The van der Waals surface area contributed by atoms with Crippen molar-refractivity contribution in [1.29, 1.82) is 0 Å². The topological polar surface area (TPSA) is 85.1 Å². The molecule has 0 spiro atoms. The molecule has 0 aliphatic heterocycles. The molecule has 1 rings (SSSR count). The molecule has 6 heteroatoms. The zero-order chi connectivity index (χ0) is 14.1. The molecule has 19 heavy (non-hydrogen) atoms. The first-order chi connectivity index (χ1) is 9.13. The van der Waals surface area contributed by atoms with Gasteiger partial charge in [-0.2, -0.15) is 0 Å². The average molecular weight is 265 g/mol. The number of unbranched alkanes of at least 4 members (excludes halogenated alkanes) is 4. The minimum absolute atomic E-state index is 0.0856. The number of carbonyl (C=O) groups excluding carboxylic acids is 1. The Bertz CT molecular complexity index is 418. The summed E-state index contributed by atoms with van der Waals surface area (Å²) < 4.78 is 0. The van der Waals surface area contributed by atoms with Crippen molar-refractivity contribution in [3.05, 3.63) is 28.4 Å². The first-order valence-corrected chi connectivity index (χ1v) is 6.53. The number of nitro groups is 1. The Hall–Kier alpha value is -1.98. The molecule has 0 aliphatic carbocycles. The second-order valence-corrected chi connectivity index (χ2v) is 4.37. The molecule has 104 valence electrons. The fourth-order valence-electron chi connectivity index (χ4n) is 1.66. The van der Waals surface area contributed by atoms with Gasteiger partial charge in [0.05, 0.1) is 4.92 Å². The molecule has 1 aromatic rings. The standard InChI is InChI=1S/C13H19N3O3/c1-2-3-4-5-6-7-13(17)15-12-9-8-11(10-14-12)16(18)19/h8-10H,2-7H2,1H3,(H,14,15,17). The summed E-state index contributed by atoms with van der Waals surface area (Å²) in [5.74, 6) is 0.252. The number of amides is 1. The summed E-state index contributed by atoms with van der Waals surface area (Å²) in [7, 11) is 0. The molecule has 1 amide bonds. The van der Waals surface area contributed by atoms with Gasteiger partial charge in [0.25, 0.3) is 5.69 Å².